The van der Waals surface area contributed by atoms with E-state index >= 15 is 0 Å². The molecule has 0 saturated heterocycles. The first kappa shape index (κ1) is 13.2. The lowest BCUT2D eigenvalue weighted by molar-refractivity contribution is 0.102. The van der Waals surface area contributed by atoms with Crippen LogP contribution in [0.2, 0.25) is 0 Å². The minimum Gasteiger partial charge on any atom is -0.307 e. The number of hydrogen-bond acceptors (Lipinski definition) is 2. The van der Waals surface area contributed by atoms with Crippen LogP contribution in [0.3, 0.4) is 0 Å². The molecule has 1 aromatic heterocycles. The molecule has 1 aromatic carbocycles. The molecule has 0 atom stereocenters. The molecule has 18 heavy (non-hydrogen) atoms. The van der Waals surface area contributed by atoms with E-state index in [2.05, 4.69) is 42.2 Å². The van der Waals surface area contributed by atoms with E-state index in [9.17, 15) is 4.79 Å². The van der Waals surface area contributed by atoms with Crippen molar-refractivity contribution in [3.8, 4) is 0 Å². The predicted octanol–water partition coefficient (Wildman–Crippen LogP) is 4.17. The van der Waals surface area contributed by atoms with Gasteiger partial charge in [0, 0.05) is 20.7 Å². The van der Waals surface area contributed by atoms with E-state index in [1.54, 1.807) is 18.3 Å². The van der Waals surface area contributed by atoms with E-state index in [0.717, 1.165) is 14.5 Å². The first-order chi connectivity index (χ1) is 8.58. The zero-order valence-electron chi connectivity index (χ0n) is 9.58. The normalized spacial score (nSPS) is 10.2. The van der Waals surface area contributed by atoms with Gasteiger partial charge in [0.05, 0.1) is 0 Å². The second kappa shape index (κ2) is 5.63. The molecule has 0 unspecified atom stereocenters. The highest BCUT2D eigenvalue weighted by Gasteiger charge is 2.11. The molecule has 1 heterocycles. The van der Waals surface area contributed by atoms with Crippen LogP contribution in [0.5, 0.6) is 0 Å². The Kier molecular flexibility index (Phi) is 4.14. The van der Waals surface area contributed by atoms with Crippen molar-refractivity contribution in [3.63, 3.8) is 0 Å². The van der Waals surface area contributed by atoms with Crippen LogP contribution >= 0.6 is 31.9 Å². The second-order valence-electron chi connectivity index (χ2n) is 3.73. The first-order valence-electron chi connectivity index (χ1n) is 5.26. The van der Waals surface area contributed by atoms with Crippen molar-refractivity contribution in [2.45, 2.75) is 6.92 Å². The van der Waals surface area contributed by atoms with Crippen LogP contribution < -0.4 is 5.32 Å². The predicted molar refractivity (Wildman–Crippen MR) is 78.8 cm³/mol. The van der Waals surface area contributed by atoms with Crippen LogP contribution in [0.15, 0.2) is 45.5 Å². The van der Waals surface area contributed by atoms with Gasteiger partial charge < -0.3 is 5.32 Å². The number of aromatic nitrogens is 1. The number of halogens is 2. The van der Waals surface area contributed by atoms with Gasteiger partial charge in [0.2, 0.25) is 0 Å². The molecule has 0 radical (unpaired) electrons. The lowest BCUT2D eigenvalue weighted by Crippen LogP contribution is -2.14. The Labute approximate surface area is 122 Å². The van der Waals surface area contributed by atoms with Crippen molar-refractivity contribution in [3.05, 3.63) is 56.6 Å². The Morgan fingerprint density at radius 3 is 2.67 bits per heavy atom. The SMILES string of the molecule is Cc1c(Br)cccc1C(=O)Nc1ccc(Br)cn1. The number of anilines is 1. The summed E-state index contributed by atoms with van der Waals surface area (Å²) in [4.78, 5) is 16.2. The summed E-state index contributed by atoms with van der Waals surface area (Å²) in [5.41, 5.74) is 1.54. The minimum atomic E-state index is -0.163. The zero-order chi connectivity index (χ0) is 13.1. The molecule has 2 aromatic rings. The van der Waals surface area contributed by atoms with Gasteiger partial charge in [-0.2, -0.15) is 0 Å². The third-order valence-electron chi connectivity index (χ3n) is 2.48. The number of nitrogens with zero attached hydrogens (tertiary/aromatic N) is 1. The Bertz CT molecular complexity index is 582. The molecule has 0 spiro atoms. The van der Waals surface area contributed by atoms with E-state index in [1.807, 2.05) is 25.1 Å². The number of hydrogen-bond donors (Lipinski definition) is 1. The van der Waals surface area contributed by atoms with Gasteiger partial charge in [-0.25, -0.2) is 4.98 Å². The number of carbonyl (C=O) groups excluding carboxylic acids is 1. The van der Waals surface area contributed by atoms with Gasteiger partial charge in [-0.05, 0) is 52.7 Å². The van der Waals surface area contributed by atoms with Gasteiger partial charge in [-0.1, -0.05) is 22.0 Å². The molecule has 0 saturated carbocycles. The van der Waals surface area contributed by atoms with Crippen molar-refractivity contribution in [2.24, 2.45) is 0 Å². The Hall–Kier alpha value is -1.20. The molecule has 0 aliphatic rings. The molecular formula is C13H10Br2N2O. The van der Waals surface area contributed by atoms with Crippen molar-refractivity contribution in [2.75, 3.05) is 5.32 Å². The summed E-state index contributed by atoms with van der Waals surface area (Å²) in [7, 11) is 0. The van der Waals surface area contributed by atoms with Crippen LogP contribution in [0.4, 0.5) is 5.82 Å². The van der Waals surface area contributed by atoms with Gasteiger partial charge in [-0.3, -0.25) is 4.79 Å². The number of nitrogens with one attached hydrogen (secondary N) is 1. The van der Waals surface area contributed by atoms with E-state index in [1.165, 1.54) is 0 Å². The van der Waals surface area contributed by atoms with Gasteiger partial charge in [0.1, 0.15) is 5.82 Å². The van der Waals surface area contributed by atoms with Crippen molar-refractivity contribution in [1.29, 1.82) is 0 Å². The highest BCUT2D eigenvalue weighted by Crippen LogP contribution is 2.20. The first-order valence-corrected chi connectivity index (χ1v) is 6.84. The molecule has 0 fully saturated rings. The van der Waals surface area contributed by atoms with E-state index in [0.29, 0.717) is 11.4 Å². The third-order valence-corrected chi connectivity index (χ3v) is 3.81. The van der Waals surface area contributed by atoms with Crippen molar-refractivity contribution < 1.29 is 4.79 Å². The molecule has 0 aliphatic heterocycles. The Morgan fingerprint density at radius 1 is 1.22 bits per heavy atom. The smallest absolute Gasteiger partial charge is 0.257 e. The fraction of sp³-hybridized carbons (Fsp3) is 0.0769. The number of benzene rings is 1. The Balaban J connectivity index is 2.22. The van der Waals surface area contributed by atoms with E-state index in [-0.39, 0.29) is 5.91 Å². The lowest BCUT2D eigenvalue weighted by Gasteiger charge is -2.08. The van der Waals surface area contributed by atoms with E-state index in [4.69, 9.17) is 0 Å². The zero-order valence-corrected chi connectivity index (χ0v) is 12.7. The highest BCUT2D eigenvalue weighted by atomic mass is 79.9. The number of rotatable bonds is 2. The standard InChI is InChI=1S/C13H10Br2N2O/c1-8-10(3-2-4-11(8)15)13(18)17-12-6-5-9(14)7-16-12/h2-7H,1H3,(H,16,17,18). The molecule has 5 heteroatoms. The van der Waals surface area contributed by atoms with Gasteiger partial charge >= 0.3 is 0 Å². The lowest BCUT2D eigenvalue weighted by atomic mass is 10.1. The van der Waals surface area contributed by atoms with Gasteiger partial charge in [-0.15, -0.1) is 0 Å². The fourth-order valence-corrected chi connectivity index (χ4v) is 2.09. The number of carbonyl (C=O) groups is 1. The maximum atomic E-state index is 12.1. The molecule has 92 valence electrons. The van der Waals surface area contributed by atoms with Crippen LogP contribution in [0, 0.1) is 6.92 Å². The van der Waals surface area contributed by atoms with Gasteiger partial charge in [0.15, 0.2) is 0 Å². The summed E-state index contributed by atoms with van der Waals surface area (Å²) in [6, 6.07) is 9.10. The topological polar surface area (TPSA) is 42.0 Å². The van der Waals surface area contributed by atoms with Crippen LogP contribution in [-0.4, -0.2) is 10.9 Å². The summed E-state index contributed by atoms with van der Waals surface area (Å²) < 4.78 is 1.79. The monoisotopic (exact) mass is 368 g/mol. The maximum Gasteiger partial charge on any atom is 0.257 e. The van der Waals surface area contributed by atoms with Crippen LogP contribution in [0.1, 0.15) is 15.9 Å². The van der Waals surface area contributed by atoms with E-state index < -0.39 is 0 Å². The minimum absolute atomic E-state index is 0.163. The molecule has 1 amide bonds. The Morgan fingerprint density at radius 2 is 2.00 bits per heavy atom. The fourth-order valence-electron chi connectivity index (χ4n) is 1.49. The number of amides is 1. The molecule has 1 N–H and O–H groups in total. The van der Waals surface area contributed by atoms with Crippen LogP contribution in [0.25, 0.3) is 0 Å². The van der Waals surface area contributed by atoms with Crippen molar-refractivity contribution in [1.82, 2.24) is 4.98 Å². The largest absolute Gasteiger partial charge is 0.307 e. The average Bonchev–Trinajstić information content (AvgIpc) is 2.35. The summed E-state index contributed by atoms with van der Waals surface area (Å²) in [5, 5.41) is 2.76. The van der Waals surface area contributed by atoms with Gasteiger partial charge in [0.25, 0.3) is 5.91 Å². The summed E-state index contributed by atoms with van der Waals surface area (Å²) in [6.45, 7) is 1.90. The summed E-state index contributed by atoms with van der Waals surface area (Å²) >= 11 is 6.70. The summed E-state index contributed by atoms with van der Waals surface area (Å²) in [6.07, 6.45) is 1.64. The van der Waals surface area contributed by atoms with Crippen LogP contribution in [-0.2, 0) is 0 Å². The second-order valence-corrected chi connectivity index (χ2v) is 5.50. The number of pyridine rings is 1. The molecule has 2 rings (SSSR count). The molecular weight excluding hydrogens is 360 g/mol. The van der Waals surface area contributed by atoms with Crippen molar-refractivity contribution >= 4 is 43.6 Å². The molecule has 0 bridgehead atoms. The third kappa shape index (κ3) is 2.97. The summed E-state index contributed by atoms with van der Waals surface area (Å²) in [5.74, 6) is 0.367. The molecule has 0 aliphatic carbocycles. The maximum absolute atomic E-state index is 12.1. The highest BCUT2D eigenvalue weighted by molar-refractivity contribution is 9.10. The quantitative estimate of drug-likeness (QED) is 0.863. The average molecular weight is 370 g/mol. The molecule has 3 nitrogen and oxygen atoms in total.